The van der Waals surface area contributed by atoms with Crippen LogP contribution in [0.5, 0.6) is 0 Å². The lowest BCUT2D eigenvalue weighted by Gasteiger charge is -1.94. The number of nitrogens with zero attached hydrogens (tertiary/aromatic N) is 3. The Morgan fingerprint density at radius 3 is 2.79 bits per heavy atom. The number of carbonyl (C=O) groups is 1. The fourth-order valence-corrected chi connectivity index (χ4v) is 1.86. The Morgan fingerprint density at radius 1 is 1.26 bits per heavy atom. The van der Waals surface area contributed by atoms with Crippen LogP contribution in [0.4, 0.5) is 0 Å². The summed E-state index contributed by atoms with van der Waals surface area (Å²) in [7, 11) is 0. The van der Waals surface area contributed by atoms with E-state index < -0.39 is 5.97 Å². The van der Waals surface area contributed by atoms with E-state index in [0.29, 0.717) is 12.3 Å². The zero-order valence-electron chi connectivity index (χ0n) is 10.2. The highest BCUT2D eigenvalue weighted by Crippen LogP contribution is 2.13. The predicted molar refractivity (Wildman–Crippen MR) is 67.0 cm³/mol. The number of fused-ring (bicyclic) bond motifs is 1. The zero-order chi connectivity index (χ0) is 13.4. The third-order valence-electron chi connectivity index (χ3n) is 2.75. The van der Waals surface area contributed by atoms with Gasteiger partial charge in [-0.15, -0.1) is 0 Å². The number of benzene rings is 1. The summed E-state index contributed by atoms with van der Waals surface area (Å²) < 4.78 is 5.17. The molecule has 0 aliphatic heterocycles. The van der Waals surface area contributed by atoms with E-state index in [2.05, 4.69) is 10.2 Å². The SMILES string of the molecule is Cc1ccc2nn(Cc3ccc(C(=O)O)o3)nc2c1. The fraction of sp³-hybridized carbons (Fsp3) is 0.154. The minimum Gasteiger partial charge on any atom is -0.475 e. The number of furan rings is 1. The maximum absolute atomic E-state index is 10.7. The first-order valence-corrected chi connectivity index (χ1v) is 5.75. The highest BCUT2D eigenvalue weighted by atomic mass is 16.4. The Hall–Kier alpha value is -2.63. The number of carboxylic acids is 1. The van der Waals surface area contributed by atoms with E-state index in [1.54, 1.807) is 6.07 Å². The Labute approximate surface area is 108 Å². The number of hydrogen-bond acceptors (Lipinski definition) is 4. The van der Waals surface area contributed by atoms with E-state index in [9.17, 15) is 4.79 Å². The zero-order valence-corrected chi connectivity index (χ0v) is 10.2. The van der Waals surface area contributed by atoms with E-state index in [4.69, 9.17) is 9.52 Å². The second-order valence-electron chi connectivity index (χ2n) is 4.29. The molecule has 96 valence electrons. The number of aromatic nitrogens is 3. The molecular formula is C13H11N3O3. The van der Waals surface area contributed by atoms with Gasteiger partial charge >= 0.3 is 5.97 Å². The average Bonchev–Trinajstić information content (AvgIpc) is 2.95. The second kappa shape index (κ2) is 4.24. The highest BCUT2D eigenvalue weighted by Gasteiger charge is 2.10. The summed E-state index contributed by atoms with van der Waals surface area (Å²) in [5.74, 6) is -0.655. The molecule has 0 aliphatic carbocycles. The molecule has 0 fully saturated rings. The summed E-state index contributed by atoms with van der Waals surface area (Å²) in [6, 6.07) is 8.85. The van der Waals surface area contributed by atoms with Crippen molar-refractivity contribution in [1.82, 2.24) is 15.0 Å². The van der Waals surface area contributed by atoms with Gasteiger partial charge in [0, 0.05) is 0 Å². The number of rotatable bonds is 3. The Kier molecular flexibility index (Phi) is 2.56. The van der Waals surface area contributed by atoms with Crippen LogP contribution in [0.25, 0.3) is 11.0 Å². The van der Waals surface area contributed by atoms with E-state index >= 15 is 0 Å². The number of carboxylic acid groups (broad SMARTS) is 1. The van der Waals surface area contributed by atoms with E-state index in [0.717, 1.165) is 16.6 Å². The smallest absolute Gasteiger partial charge is 0.371 e. The summed E-state index contributed by atoms with van der Waals surface area (Å²) in [6.07, 6.45) is 0. The molecule has 0 atom stereocenters. The van der Waals surface area contributed by atoms with Crippen LogP contribution in [0, 0.1) is 6.92 Å². The summed E-state index contributed by atoms with van der Waals surface area (Å²) in [4.78, 5) is 12.2. The Balaban J connectivity index is 1.89. The Morgan fingerprint density at radius 2 is 2.05 bits per heavy atom. The van der Waals surface area contributed by atoms with Crippen LogP contribution in [0.3, 0.4) is 0 Å². The maximum atomic E-state index is 10.7. The molecule has 0 aliphatic rings. The Bertz CT molecular complexity index is 757. The van der Waals surface area contributed by atoms with Crippen LogP contribution in [-0.4, -0.2) is 26.1 Å². The molecule has 6 heteroatoms. The molecule has 0 bridgehead atoms. The van der Waals surface area contributed by atoms with Crippen molar-refractivity contribution in [3.05, 3.63) is 47.4 Å². The van der Waals surface area contributed by atoms with Crippen LogP contribution >= 0.6 is 0 Å². The molecule has 0 unspecified atom stereocenters. The predicted octanol–water partition coefficient (Wildman–Crippen LogP) is 2.08. The first kappa shape index (κ1) is 11.5. The van der Waals surface area contributed by atoms with Crippen molar-refractivity contribution < 1.29 is 14.3 Å². The van der Waals surface area contributed by atoms with E-state index in [1.165, 1.54) is 10.9 Å². The van der Waals surface area contributed by atoms with Gasteiger partial charge in [0.05, 0.1) is 0 Å². The summed E-state index contributed by atoms with van der Waals surface area (Å²) in [5, 5.41) is 17.4. The topological polar surface area (TPSA) is 81.2 Å². The van der Waals surface area contributed by atoms with Crippen molar-refractivity contribution in [2.75, 3.05) is 0 Å². The molecule has 1 aromatic carbocycles. The molecule has 19 heavy (non-hydrogen) atoms. The van der Waals surface area contributed by atoms with Gasteiger partial charge < -0.3 is 9.52 Å². The summed E-state index contributed by atoms with van der Waals surface area (Å²) >= 11 is 0. The van der Waals surface area contributed by atoms with Gasteiger partial charge in [-0.25, -0.2) is 4.79 Å². The van der Waals surface area contributed by atoms with Crippen molar-refractivity contribution in [3.63, 3.8) is 0 Å². The van der Waals surface area contributed by atoms with Crippen LogP contribution in [-0.2, 0) is 6.54 Å². The minimum absolute atomic E-state index is 0.0810. The van der Waals surface area contributed by atoms with Gasteiger partial charge in [-0.1, -0.05) is 6.07 Å². The molecule has 3 rings (SSSR count). The highest BCUT2D eigenvalue weighted by molar-refractivity contribution is 5.84. The van der Waals surface area contributed by atoms with Crippen molar-refractivity contribution in [2.45, 2.75) is 13.5 Å². The molecule has 0 saturated heterocycles. The van der Waals surface area contributed by atoms with Crippen LogP contribution in [0.15, 0.2) is 34.7 Å². The van der Waals surface area contributed by atoms with Crippen molar-refractivity contribution in [1.29, 1.82) is 0 Å². The molecule has 0 spiro atoms. The standard InChI is InChI=1S/C13H11N3O3/c1-8-2-4-10-11(6-8)15-16(14-10)7-9-3-5-12(19-9)13(17)18/h2-6H,7H2,1H3,(H,17,18). The molecule has 2 aromatic heterocycles. The number of aryl methyl sites for hydroxylation is 1. The van der Waals surface area contributed by atoms with Crippen molar-refractivity contribution in [2.24, 2.45) is 0 Å². The molecule has 2 heterocycles. The van der Waals surface area contributed by atoms with Crippen LogP contribution in [0.1, 0.15) is 21.9 Å². The van der Waals surface area contributed by atoms with Crippen LogP contribution in [0.2, 0.25) is 0 Å². The van der Waals surface area contributed by atoms with Gasteiger partial charge in [-0.2, -0.15) is 15.0 Å². The molecule has 1 N–H and O–H groups in total. The van der Waals surface area contributed by atoms with Gasteiger partial charge in [0.25, 0.3) is 0 Å². The third kappa shape index (κ3) is 2.20. The molecule has 0 amide bonds. The normalized spacial score (nSPS) is 11.0. The quantitative estimate of drug-likeness (QED) is 0.776. The molecule has 0 radical (unpaired) electrons. The monoisotopic (exact) mass is 257 g/mol. The minimum atomic E-state index is -1.08. The van der Waals surface area contributed by atoms with E-state index in [-0.39, 0.29) is 5.76 Å². The molecular weight excluding hydrogens is 246 g/mol. The average molecular weight is 257 g/mol. The van der Waals surface area contributed by atoms with Gasteiger partial charge in [0.2, 0.25) is 5.76 Å². The molecule has 3 aromatic rings. The van der Waals surface area contributed by atoms with Crippen LogP contribution < -0.4 is 0 Å². The van der Waals surface area contributed by atoms with Gasteiger partial charge in [0.1, 0.15) is 23.3 Å². The fourth-order valence-electron chi connectivity index (χ4n) is 1.86. The van der Waals surface area contributed by atoms with E-state index in [1.807, 2.05) is 25.1 Å². The molecule has 0 saturated carbocycles. The third-order valence-corrected chi connectivity index (χ3v) is 2.75. The molecule has 6 nitrogen and oxygen atoms in total. The number of hydrogen-bond donors (Lipinski definition) is 1. The lowest BCUT2D eigenvalue weighted by atomic mass is 10.2. The number of aromatic carboxylic acids is 1. The van der Waals surface area contributed by atoms with Crippen molar-refractivity contribution in [3.8, 4) is 0 Å². The largest absolute Gasteiger partial charge is 0.475 e. The van der Waals surface area contributed by atoms with Crippen molar-refractivity contribution >= 4 is 17.0 Å². The lowest BCUT2D eigenvalue weighted by molar-refractivity contribution is 0.0660. The first-order valence-electron chi connectivity index (χ1n) is 5.75. The first-order chi connectivity index (χ1) is 9.11. The lowest BCUT2D eigenvalue weighted by Crippen LogP contribution is -2.02. The maximum Gasteiger partial charge on any atom is 0.371 e. The van der Waals surface area contributed by atoms with Gasteiger partial charge in [-0.05, 0) is 36.8 Å². The second-order valence-corrected chi connectivity index (χ2v) is 4.29. The summed E-state index contributed by atoms with van der Waals surface area (Å²) in [5.41, 5.74) is 2.73. The summed E-state index contributed by atoms with van der Waals surface area (Å²) in [6.45, 7) is 2.30. The van der Waals surface area contributed by atoms with Gasteiger partial charge in [-0.3, -0.25) is 0 Å². The van der Waals surface area contributed by atoms with Gasteiger partial charge in [0.15, 0.2) is 0 Å².